The van der Waals surface area contributed by atoms with Crippen LogP contribution < -0.4 is 5.32 Å². The second-order valence-corrected chi connectivity index (χ2v) is 8.41. The van der Waals surface area contributed by atoms with Crippen LogP contribution in [0.15, 0.2) is 65.8 Å². The normalized spacial score (nSPS) is 15.4. The average molecular weight is 441 g/mol. The molecule has 31 heavy (non-hydrogen) atoms. The van der Waals surface area contributed by atoms with Gasteiger partial charge in [0.1, 0.15) is 16.8 Å². The van der Waals surface area contributed by atoms with Crippen molar-refractivity contribution in [3.05, 3.63) is 77.9 Å². The predicted molar refractivity (Wildman–Crippen MR) is 114 cm³/mol. The number of halogens is 1. The Morgan fingerprint density at radius 1 is 1.10 bits per heavy atom. The Kier molecular flexibility index (Phi) is 6.76. The first-order valence-corrected chi connectivity index (χ1v) is 10.9. The van der Waals surface area contributed by atoms with E-state index in [0.717, 1.165) is 5.56 Å². The number of carbonyl (C=O) groups is 1. The summed E-state index contributed by atoms with van der Waals surface area (Å²) in [5, 5.41) is 2.82. The fraction of sp³-hybridized carbons (Fsp3) is 0.227. The van der Waals surface area contributed by atoms with Crippen LogP contribution >= 0.6 is 0 Å². The van der Waals surface area contributed by atoms with Crippen LogP contribution in [0.4, 0.5) is 4.39 Å². The lowest BCUT2D eigenvalue weighted by atomic mass is 10.2. The van der Waals surface area contributed by atoms with E-state index in [1.54, 1.807) is 12.1 Å². The number of hydrogen-bond donors (Lipinski definition) is 1. The smallest absolute Gasteiger partial charge is 0.254 e. The van der Waals surface area contributed by atoms with Crippen molar-refractivity contribution >= 4 is 16.9 Å². The van der Waals surface area contributed by atoms with Crippen LogP contribution in [0.3, 0.4) is 0 Å². The van der Waals surface area contributed by atoms with E-state index in [9.17, 15) is 13.4 Å². The molecule has 4 rings (SSSR count). The van der Waals surface area contributed by atoms with Crippen molar-refractivity contribution in [3.63, 3.8) is 0 Å². The molecule has 1 aliphatic heterocycles. The summed E-state index contributed by atoms with van der Waals surface area (Å²) in [4.78, 5) is 21.5. The molecule has 1 unspecified atom stereocenters. The minimum Gasteiger partial charge on any atom is -0.379 e. The molecule has 1 fully saturated rings. The van der Waals surface area contributed by atoms with Crippen molar-refractivity contribution in [1.29, 1.82) is 0 Å². The fourth-order valence-corrected chi connectivity index (χ4v) is 4.36. The second-order valence-electron chi connectivity index (χ2n) is 6.93. The summed E-state index contributed by atoms with van der Waals surface area (Å²) in [6.07, 6.45) is 2.82. The molecule has 0 spiro atoms. The Morgan fingerprint density at radius 2 is 1.84 bits per heavy atom. The van der Waals surface area contributed by atoms with E-state index in [0.29, 0.717) is 48.2 Å². The molecule has 160 valence electrons. The number of aromatic nitrogens is 2. The summed E-state index contributed by atoms with van der Waals surface area (Å²) < 4.78 is 33.3. The Bertz CT molecular complexity index is 1090. The number of nitrogens with zero attached hydrogens (tertiary/aromatic N) is 3. The third-order valence-electron chi connectivity index (χ3n) is 4.75. The van der Waals surface area contributed by atoms with E-state index >= 15 is 0 Å². The molecule has 1 amide bonds. The fourth-order valence-electron chi connectivity index (χ4n) is 3.13. The van der Waals surface area contributed by atoms with Gasteiger partial charge in [-0.05, 0) is 29.8 Å². The van der Waals surface area contributed by atoms with E-state index in [2.05, 4.69) is 15.3 Å². The molecule has 1 saturated heterocycles. The van der Waals surface area contributed by atoms with Gasteiger partial charge < -0.3 is 10.1 Å². The Morgan fingerprint density at radius 3 is 2.58 bits per heavy atom. The maximum absolute atomic E-state index is 13.4. The molecule has 0 radical (unpaired) electrons. The summed E-state index contributed by atoms with van der Waals surface area (Å²) in [6.45, 7) is 2.67. The number of hydrogen-bond acceptors (Lipinski definition) is 5. The molecular formula is C22H21FN4O3S. The zero-order valence-corrected chi connectivity index (χ0v) is 17.5. The maximum atomic E-state index is 13.4. The van der Waals surface area contributed by atoms with Crippen molar-refractivity contribution in [2.75, 3.05) is 26.3 Å². The SMILES string of the molecule is O=C(NCc1cccc(S(=O)N2CCOCC2)c1)c1cnc(-c2cccc(F)c2)nc1. The first-order chi connectivity index (χ1) is 15.1. The highest BCUT2D eigenvalue weighted by Gasteiger charge is 2.18. The molecule has 0 saturated carbocycles. The highest BCUT2D eigenvalue weighted by Crippen LogP contribution is 2.16. The summed E-state index contributed by atoms with van der Waals surface area (Å²) in [7, 11) is -1.26. The topological polar surface area (TPSA) is 84.4 Å². The Labute approximate surface area is 181 Å². The van der Waals surface area contributed by atoms with Crippen molar-refractivity contribution in [2.45, 2.75) is 11.4 Å². The zero-order chi connectivity index (χ0) is 21.6. The molecule has 0 aliphatic carbocycles. The second kappa shape index (κ2) is 9.86. The van der Waals surface area contributed by atoms with E-state index in [1.165, 1.54) is 24.5 Å². The molecule has 9 heteroatoms. The molecule has 0 bridgehead atoms. The number of amides is 1. The standard InChI is InChI=1S/C22H21FN4O3S/c23-19-5-2-4-17(12-19)21-24-14-18(15-25-21)22(28)26-13-16-3-1-6-20(11-16)31(29)27-7-9-30-10-8-27/h1-6,11-12,14-15H,7-10,13H2,(H,26,28). The van der Waals surface area contributed by atoms with Crippen molar-refractivity contribution in [3.8, 4) is 11.4 Å². The highest BCUT2D eigenvalue weighted by molar-refractivity contribution is 7.82. The van der Waals surface area contributed by atoms with Crippen LogP contribution in [-0.2, 0) is 22.3 Å². The number of carbonyl (C=O) groups excluding carboxylic acids is 1. The molecule has 3 aromatic rings. The van der Waals surface area contributed by atoms with Gasteiger partial charge in [-0.2, -0.15) is 0 Å². The lowest BCUT2D eigenvalue weighted by Crippen LogP contribution is -2.37. The van der Waals surface area contributed by atoms with Gasteiger partial charge in [0.25, 0.3) is 5.91 Å². The number of nitrogens with one attached hydrogen (secondary N) is 1. The minimum atomic E-state index is -1.26. The largest absolute Gasteiger partial charge is 0.379 e. The Balaban J connectivity index is 1.38. The van der Waals surface area contributed by atoms with Gasteiger partial charge >= 0.3 is 0 Å². The van der Waals surface area contributed by atoms with Gasteiger partial charge in [-0.15, -0.1) is 0 Å². The van der Waals surface area contributed by atoms with Crippen LogP contribution in [0.1, 0.15) is 15.9 Å². The first kappa shape index (κ1) is 21.2. The number of morpholine rings is 1. The van der Waals surface area contributed by atoms with Crippen LogP contribution in [-0.4, -0.2) is 50.7 Å². The van der Waals surface area contributed by atoms with Crippen molar-refractivity contribution < 1.29 is 18.1 Å². The molecule has 1 aromatic heterocycles. The van der Waals surface area contributed by atoms with E-state index in [-0.39, 0.29) is 18.3 Å². The van der Waals surface area contributed by atoms with E-state index < -0.39 is 11.0 Å². The van der Waals surface area contributed by atoms with Crippen LogP contribution in [0.5, 0.6) is 0 Å². The number of ether oxygens (including phenoxy) is 1. The van der Waals surface area contributed by atoms with Gasteiger partial charge in [0.15, 0.2) is 5.82 Å². The van der Waals surface area contributed by atoms with Gasteiger partial charge in [0, 0.05) is 37.6 Å². The van der Waals surface area contributed by atoms with Crippen molar-refractivity contribution in [1.82, 2.24) is 19.6 Å². The van der Waals surface area contributed by atoms with Gasteiger partial charge in [-0.25, -0.2) is 22.9 Å². The molecule has 1 aliphatic rings. The molecule has 1 N–H and O–H groups in total. The summed E-state index contributed by atoms with van der Waals surface area (Å²) in [5.41, 5.74) is 1.68. The monoisotopic (exact) mass is 440 g/mol. The maximum Gasteiger partial charge on any atom is 0.254 e. The number of rotatable bonds is 6. The molecule has 2 heterocycles. The molecule has 2 aromatic carbocycles. The third-order valence-corrected chi connectivity index (χ3v) is 6.25. The summed E-state index contributed by atoms with van der Waals surface area (Å²) >= 11 is 0. The Hall–Kier alpha value is -3.01. The van der Waals surface area contributed by atoms with Crippen LogP contribution in [0.25, 0.3) is 11.4 Å². The molecular weight excluding hydrogens is 419 g/mol. The average Bonchev–Trinajstić information content (AvgIpc) is 2.83. The summed E-state index contributed by atoms with van der Waals surface area (Å²) in [6, 6.07) is 13.3. The first-order valence-electron chi connectivity index (χ1n) is 9.80. The van der Waals surface area contributed by atoms with Crippen molar-refractivity contribution in [2.24, 2.45) is 0 Å². The van der Waals surface area contributed by atoms with Crippen LogP contribution in [0, 0.1) is 5.82 Å². The van der Waals surface area contributed by atoms with E-state index in [4.69, 9.17) is 4.74 Å². The van der Waals surface area contributed by atoms with Crippen LogP contribution in [0.2, 0.25) is 0 Å². The van der Waals surface area contributed by atoms with Gasteiger partial charge in [0.05, 0.1) is 23.7 Å². The third kappa shape index (κ3) is 5.38. The predicted octanol–water partition coefficient (Wildman–Crippen LogP) is 2.57. The summed E-state index contributed by atoms with van der Waals surface area (Å²) in [5.74, 6) is -0.362. The molecule has 7 nitrogen and oxygen atoms in total. The number of benzene rings is 2. The highest BCUT2D eigenvalue weighted by atomic mass is 32.2. The van der Waals surface area contributed by atoms with Gasteiger partial charge in [-0.1, -0.05) is 24.3 Å². The minimum absolute atomic E-state index is 0.276. The lowest BCUT2D eigenvalue weighted by Gasteiger charge is -2.25. The van der Waals surface area contributed by atoms with E-state index in [1.807, 2.05) is 28.6 Å². The zero-order valence-electron chi connectivity index (χ0n) is 16.7. The lowest BCUT2D eigenvalue weighted by molar-refractivity contribution is 0.0752. The molecule has 1 atom stereocenters. The van der Waals surface area contributed by atoms with Gasteiger partial charge in [0.2, 0.25) is 0 Å². The van der Waals surface area contributed by atoms with Gasteiger partial charge in [-0.3, -0.25) is 4.79 Å². The quantitative estimate of drug-likeness (QED) is 0.637.